The lowest BCUT2D eigenvalue weighted by Crippen LogP contribution is -2.33. The summed E-state index contributed by atoms with van der Waals surface area (Å²) in [6.07, 6.45) is -1.61. The van der Waals surface area contributed by atoms with E-state index in [0.29, 0.717) is 19.6 Å². The standard InChI is InChI=1S/C14H18F2O3/c15-13(16)10-19-14-7-6-12(9-18-14)17-8-11-4-2-1-3-5-11/h1-5,12-14H,6-10H2/t12-,14-/m1/s1. The molecule has 0 unspecified atom stereocenters. The van der Waals surface area contributed by atoms with E-state index < -0.39 is 19.3 Å². The van der Waals surface area contributed by atoms with Crippen LogP contribution in [0, 0.1) is 0 Å². The van der Waals surface area contributed by atoms with Crippen molar-refractivity contribution in [2.45, 2.75) is 38.3 Å². The first-order valence-corrected chi connectivity index (χ1v) is 6.41. The van der Waals surface area contributed by atoms with Crippen LogP contribution in [0.2, 0.25) is 0 Å². The summed E-state index contributed by atoms with van der Waals surface area (Å²) in [6.45, 7) is 0.359. The summed E-state index contributed by atoms with van der Waals surface area (Å²) in [7, 11) is 0. The average Bonchev–Trinajstić information content (AvgIpc) is 2.45. The second-order valence-electron chi connectivity index (χ2n) is 4.48. The Morgan fingerprint density at radius 3 is 2.58 bits per heavy atom. The summed E-state index contributed by atoms with van der Waals surface area (Å²) in [6, 6.07) is 9.88. The molecule has 0 bridgehead atoms. The predicted molar refractivity (Wildman–Crippen MR) is 65.9 cm³/mol. The van der Waals surface area contributed by atoms with Gasteiger partial charge < -0.3 is 14.2 Å². The van der Waals surface area contributed by atoms with Crippen LogP contribution in [0.1, 0.15) is 18.4 Å². The van der Waals surface area contributed by atoms with Crippen LogP contribution in [0.25, 0.3) is 0 Å². The van der Waals surface area contributed by atoms with Crippen molar-refractivity contribution in [3.05, 3.63) is 35.9 Å². The molecule has 1 heterocycles. The SMILES string of the molecule is FC(F)CO[C@@H]1CC[C@@H](OCc2ccccc2)CO1. The molecule has 0 spiro atoms. The van der Waals surface area contributed by atoms with Crippen LogP contribution < -0.4 is 0 Å². The van der Waals surface area contributed by atoms with Gasteiger partial charge in [0.1, 0.15) is 6.61 Å². The monoisotopic (exact) mass is 272 g/mol. The Kier molecular flexibility index (Phi) is 5.69. The van der Waals surface area contributed by atoms with Gasteiger partial charge in [0, 0.05) is 6.42 Å². The third-order valence-corrected chi connectivity index (χ3v) is 2.93. The Bertz CT molecular complexity index is 351. The number of hydrogen-bond donors (Lipinski definition) is 0. The van der Waals surface area contributed by atoms with Gasteiger partial charge in [-0.05, 0) is 12.0 Å². The molecule has 19 heavy (non-hydrogen) atoms. The normalized spacial score (nSPS) is 23.7. The van der Waals surface area contributed by atoms with Crippen molar-refractivity contribution >= 4 is 0 Å². The third-order valence-electron chi connectivity index (χ3n) is 2.93. The summed E-state index contributed by atoms with van der Waals surface area (Å²) in [5, 5.41) is 0. The molecule has 1 aromatic carbocycles. The van der Waals surface area contributed by atoms with Crippen LogP contribution in [-0.2, 0) is 20.8 Å². The molecule has 0 aromatic heterocycles. The van der Waals surface area contributed by atoms with E-state index >= 15 is 0 Å². The number of alkyl halides is 2. The Hall–Kier alpha value is -1.04. The molecule has 3 nitrogen and oxygen atoms in total. The lowest BCUT2D eigenvalue weighted by molar-refractivity contribution is -0.207. The topological polar surface area (TPSA) is 27.7 Å². The van der Waals surface area contributed by atoms with E-state index in [-0.39, 0.29) is 6.10 Å². The molecule has 106 valence electrons. The fourth-order valence-electron chi connectivity index (χ4n) is 1.93. The first kappa shape index (κ1) is 14.4. The van der Waals surface area contributed by atoms with Crippen molar-refractivity contribution in [1.29, 1.82) is 0 Å². The first-order chi connectivity index (χ1) is 9.24. The lowest BCUT2D eigenvalue weighted by Gasteiger charge is -2.28. The van der Waals surface area contributed by atoms with Crippen molar-refractivity contribution in [1.82, 2.24) is 0 Å². The summed E-state index contributed by atoms with van der Waals surface area (Å²) in [5.41, 5.74) is 1.11. The van der Waals surface area contributed by atoms with Crippen molar-refractivity contribution < 1.29 is 23.0 Å². The van der Waals surface area contributed by atoms with E-state index in [1.54, 1.807) is 0 Å². The van der Waals surface area contributed by atoms with E-state index in [2.05, 4.69) is 0 Å². The van der Waals surface area contributed by atoms with E-state index in [9.17, 15) is 8.78 Å². The molecule has 2 rings (SSSR count). The molecular formula is C14H18F2O3. The van der Waals surface area contributed by atoms with Gasteiger partial charge in [0.25, 0.3) is 6.43 Å². The highest BCUT2D eigenvalue weighted by Gasteiger charge is 2.23. The van der Waals surface area contributed by atoms with Crippen molar-refractivity contribution in [2.75, 3.05) is 13.2 Å². The fraction of sp³-hybridized carbons (Fsp3) is 0.571. The van der Waals surface area contributed by atoms with Gasteiger partial charge in [-0.2, -0.15) is 0 Å². The van der Waals surface area contributed by atoms with Gasteiger partial charge in [-0.15, -0.1) is 0 Å². The molecule has 0 N–H and O–H groups in total. The molecule has 0 amide bonds. The summed E-state index contributed by atoms with van der Waals surface area (Å²) < 4.78 is 39.9. The number of rotatable bonds is 6. The maximum Gasteiger partial charge on any atom is 0.261 e. The molecule has 1 aliphatic rings. The Labute approximate surface area is 111 Å². The molecule has 0 saturated carbocycles. The predicted octanol–water partition coefficient (Wildman–Crippen LogP) is 2.99. The minimum absolute atomic E-state index is 0.00612. The van der Waals surface area contributed by atoms with Crippen LogP contribution in [0.5, 0.6) is 0 Å². The molecule has 1 fully saturated rings. The molecule has 0 aliphatic carbocycles. The summed E-state index contributed by atoms with van der Waals surface area (Å²) in [4.78, 5) is 0. The van der Waals surface area contributed by atoms with Gasteiger partial charge in [-0.3, -0.25) is 0 Å². The van der Waals surface area contributed by atoms with Crippen LogP contribution in [0.3, 0.4) is 0 Å². The second-order valence-corrected chi connectivity index (χ2v) is 4.48. The molecular weight excluding hydrogens is 254 g/mol. The molecule has 5 heteroatoms. The van der Waals surface area contributed by atoms with Crippen molar-refractivity contribution in [3.8, 4) is 0 Å². The van der Waals surface area contributed by atoms with E-state index in [0.717, 1.165) is 12.0 Å². The first-order valence-electron chi connectivity index (χ1n) is 6.41. The Morgan fingerprint density at radius 1 is 1.16 bits per heavy atom. The third kappa shape index (κ3) is 5.22. The molecule has 1 saturated heterocycles. The maximum atomic E-state index is 12.0. The Morgan fingerprint density at radius 2 is 1.95 bits per heavy atom. The highest BCUT2D eigenvalue weighted by atomic mass is 19.3. The minimum Gasteiger partial charge on any atom is -0.371 e. The van der Waals surface area contributed by atoms with Gasteiger partial charge in [0.15, 0.2) is 6.29 Å². The van der Waals surface area contributed by atoms with Gasteiger partial charge in [-0.25, -0.2) is 8.78 Å². The second kappa shape index (κ2) is 7.53. The quantitative estimate of drug-likeness (QED) is 0.796. The largest absolute Gasteiger partial charge is 0.371 e. The number of hydrogen-bond acceptors (Lipinski definition) is 3. The number of halogens is 2. The minimum atomic E-state index is -2.45. The molecule has 1 aromatic rings. The highest BCUT2D eigenvalue weighted by Crippen LogP contribution is 2.18. The van der Waals surface area contributed by atoms with Crippen LogP contribution in [0.4, 0.5) is 8.78 Å². The zero-order valence-electron chi connectivity index (χ0n) is 10.6. The fourth-order valence-corrected chi connectivity index (χ4v) is 1.93. The molecule has 2 atom stereocenters. The Balaban J connectivity index is 1.63. The molecule has 1 aliphatic heterocycles. The average molecular weight is 272 g/mol. The van der Waals surface area contributed by atoms with E-state index in [1.807, 2.05) is 30.3 Å². The van der Waals surface area contributed by atoms with Crippen LogP contribution in [-0.4, -0.2) is 32.0 Å². The van der Waals surface area contributed by atoms with Crippen LogP contribution >= 0.6 is 0 Å². The van der Waals surface area contributed by atoms with E-state index in [1.165, 1.54) is 0 Å². The van der Waals surface area contributed by atoms with Crippen molar-refractivity contribution in [2.24, 2.45) is 0 Å². The van der Waals surface area contributed by atoms with Gasteiger partial charge in [-0.1, -0.05) is 30.3 Å². The smallest absolute Gasteiger partial charge is 0.261 e. The van der Waals surface area contributed by atoms with Crippen molar-refractivity contribution in [3.63, 3.8) is 0 Å². The van der Waals surface area contributed by atoms with Gasteiger partial charge in [0.2, 0.25) is 0 Å². The van der Waals surface area contributed by atoms with Gasteiger partial charge >= 0.3 is 0 Å². The van der Waals surface area contributed by atoms with E-state index in [4.69, 9.17) is 14.2 Å². The summed E-state index contributed by atoms with van der Waals surface area (Å²) >= 11 is 0. The molecule has 0 radical (unpaired) electrons. The van der Waals surface area contributed by atoms with Crippen LogP contribution in [0.15, 0.2) is 30.3 Å². The van der Waals surface area contributed by atoms with Gasteiger partial charge in [0.05, 0.1) is 19.3 Å². The lowest BCUT2D eigenvalue weighted by atomic mass is 10.1. The number of benzene rings is 1. The number of ether oxygens (including phenoxy) is 3. The zero-order chi connectivity index (χ0) is 13.5. The summed E-state index contributed by atoms with van der Waals surface area (Å²) in [5.74, 6) is 0. The highest BCUT2D eigenvalue weighted by molar-refractivity contribution is 5.13. The maximum absolute atomic E-state index is 12.0. The zero-order valence-corrected chi connectivity index (χ0v) is 10.6.